The van der Waals surface area contributed by atoms with Gasteiger partial charge in [-0.2, -0.15) is 5.10 Å². The Bertz CT molecular complexity index is 870. The fourth-order valence-electron chi connectivity index (χ4n) is 3.10. The maximum atomic E-state index is 11.9. The molecule has 2 N–H and O–H groups in total. The van der Waals surface area contributed by atoms with Gasteiger partial charge in [0.1, 0.15) is 12.4 Å². The molecular formula is C20H28N4O2S2. The van der Waals surface area contributed by atoms with E-state index < -0.39 is 9.71 Å². The molecule has 3 rings (SSSR count). The van der Waals surface area contributed by atoms with E-state index in [2.05, 4.69) is 22.5 Å². The fourth-order valence-corrected chi connectivity index (χ4v) is 4.70. The molecule has 8 heteroatoms. The number of rotatable bonds is 6. The summed E-state index contributed by atoms with van der Waals surface area (Å²) in [4.78, 5) is 2.46. The quantitative estimate of drug-likeness (QED) is 0.715. The van der Waals surface area contributed by atoms with Crippen LogP contribution in [0.5, 0.6) is 5.75 Å². The molecule has 0 aromatic heterocycles. The zero-order valence-corrected chi connectivity index (χ0v) is 17.9. The average Bonchev–Trinajstić information content (AvgIpc) is 3.04. The van der Waals surface area contributed by atoms with Crippen LogP contribution in [-0.4, -0.2) is 50.6 Å². The highest BCUT2D eigenvalue weighted by atomic mass is 32.3. The van der Waals surface area contributed by atoms with Crippen LogP contribution in [0, 0.1) is 0 Å². The topological polar surface area (TPSA) is 71.2 Å². The van der Waals surface area contributed by atoms with Crippen molar-refractivity contribution in [2.45, 2.75) is 26.2 Å². The van der Waals surface area contributed by atoms with Gasteiger partial charge in [-0.15, -0.1) is 0 Å². The van der Waals surface area contributed by atoms with Crippen molar-refractivity contribution in [3.8, 4) is 5.75 Å². The summed E-state index contributed by atoms with van der Waals surface area (Å²) in [6.07, 6.45) is 5.79. The maximum Gasteiger partial charge on any atom is 0.192 e. The lowest BCUT2D eigenvalue weighted by atomic mass is 10.1. The normalized spacial score (nSPS) is 20.8. The number of nitrogens with zero attached hydrogens (tertiary/aromatic N) is 3. The lowest BCUT2D eigenvalue weighted by molar-refractivity contribution is 0.183. The smallest absolute Gasteiger partial charge is 0.192 e. The largest absolute Gasteiger partial charge is 0.492 e. The molecule has 152 valence electrons. The number of hydrogen-bond donors (Lipinski definition) is 1. The Morgan fingerprint density at radius 2 is 2.00 bits per heavy atom. The molecule has 0 aliphatic carbocycles. The number of hydrazone groups is 1. The second-order valence-corrected chi connectivity index (χ2v) is 10.2. The zero-order chi connectivity index (χ0) is 20.1. The van der Waals surface area contributed by atoms with Crippen LogP contribution in [-0.2, 0) is 9.71 Å². The zero-order valence-electron chi connectivity index (χ0n) is 16.3. The van der Waals surface area contributed by atoms with E-state index in [9.17, 15) is 4.21 Å². The van der Waals surface area contributed by atoms with Gasteiger partial charge in [0.2, 0.25) is 0 Å². The van der Waals surface area contributed by atoms with Crippen molar-refractivity contribution >= 4 is 37.3 Å². The number of thioether (sulfide) groups is 1. The summed E-state index contributed by atoms with van der Waals surface area (Å²) in [6, 6.07) is 8.00. The lowest BCUT2D eigenvalue weighted by Gasteiger charge is -2.26. The summed E-state index contributed by atoms with van der Waals surface area (Å²) in [5.41, 5.74) is 2.05. The third kappa shape index (κ3) is 5.64. The van der Waals surface area contributed by atoms with Gasteiger partial charge in [0, 0.05) is 12.7 Å². The van der Waals surface area contributed by atoms with E-state index in [0.717, 1.165) is 23.4 Å². The first-order valence-corrected chi connectivity index (χ1v) is 12.0. The molecular weight excluding hydrogens is 392 g/mol. The molecule has 1 aromatic carbocycles. The molecule has 1 unspecified atom stereocenters. The molecule has 0 amide bonds. The van der Waals surface area contributed by atoms with Gasteiger partial charge in [-0.1, -0.05) is 25.1 Å². The Labute approximate surface area is 172 Å². The monoisotopic (exact) mass is 420 g/mol. The van der Waals surface area contributed by atoms with Crippen LogP contribution in [0.1, 0.15) is 31.7 Å². The Morgan fingerprint density at radius 1 is 1.32 bits per heavy atom. The number of piperidine rings is 1. The highest BCUT2D eigenvalue weighted by Crippen LogP contribution is 2.32. The molecule has 2 aliphatic rings. The summed E-state index contributed by atoms with van der Waals surface area (Å²) >= 11 is 1.19. The molecule has 0 saturated carbocycles. The molecule has 1 aromatic rings. The molecule has 0 spiro atoms. The van der Waals surface area contributed by atoms with E-state index >= 15 is 0 Å². The van der Waals surface area contributed by atoms with Gasteiger partial charge in [-0.3, -0.25) is 10.0 Å². The van der Waals surface area contributed by atoms with Gasteiger partial charge in [-0.25, -0.2) is 9.22 Å². The van der Waals surface area contributed by atoms with Crippen molar-refractivity contribution in [3.63, 3.8) is 0 Å². The minimum Gasteiger partial charge on any atom is -0.492 e. The van der Waals surface area contributed by atoms with Crippen molar-refractivity contribution in [2.75, 3.05) is 26.2 Å². The third-order valence-corrected chi connectivity index (χ3v) is 7.14. The molecule has 1 fully saturated rings. The number of nitrogens with two attached hydrogens (primary N) is 1. The van der Waals surface area contributed by atoms with Crippen LogP contribution in [0.2, 0.25) is 0 Å². The standard InChI is InChI=1S/C20H28N4O2S2/c1-16(15-24-17(2)27-20(22-24)28(3,21)25)18-7-9-19(10-8-18)26-14-13-23-11-5-4-6-12-23/h7-10,15H,2-6,11-14H2,1H3,(H2,21,25)/b16-15+. The molecule has 2 aliphatic heterocycles. The highest BCUT2D eigenvalue weighted by molar-refractivity contribution is 8.39. The maximum absolute atomic E-state index is 11.9. The highest BCUT2D eigenvalue weighted by Gasteiger charge is 2.23. The van der Waals surface area contributed by atoms with Gasteiger partial charge < -0.3 is 4.74 Å². The first-order chi connectivity index (χ1) is 13.3. The predicted molar refractivity (Wildman–Crippen MR) is 121 cm³/mol. The van der Waals surface area contributed by atoms with Crippen LogP contribution in [0.15, 0.2) is 47.2 Å². The number of ether oxygens (including phenoxy) is 1. The van der Waals surface area contributed by atoms with Crippen LogP contribution >= 0.6 is 11.8 Å². The van der Waals surface area contributed by atoms with Crippen molar-refractivity contribution in [1.29, 1.82) is 0 Å². The number of likely N-dealkylation sites (tertiary alicyclic amines) is 1. The number of allylic oxidation sites excluding steroid dienone is 1. The van der Waals surface area contributed by atoms with Gasteiger partial charge in [0.05, 0.1) is 14.7 Å². The third-order valence-electron chi connectivity index (χ3n) is 4.70. The Hall–Kier alpha value is -1.74. The minimum atomic E-state index is -2.83. The molecule has 1 atom stereocenters. The van der Waals surface area contributed by atoms with Crippen molar-refractivity contribution in [3.05, 3.63) is 47.6 Å². The van der Waals surface area contributed by atoms with E-state index in [1.54, 1.807) is 5.01 Å². The first kappa shape index (κ1) is 21.0. The second kappa shape index (κ2) is 9.17. The van der Waals surface area contributed by atoms with Gasteiger partial charge in [-0.05, 0) is 73.8 Å². The molecule has 6 nitrogen and oxygen atoms in total. The van der Waals surface area contributed by atoms with Gasteiger partial charge >= 0.3 is 0 Å². The van der Waals surface area contributed by atoms with Crippen LogP contribution in [0.25, 0.3) is 5.57 Å². The summed E-state index contributed by atoms with van der Waals surface area (Å²) in [6.45, 7) is 9.97. The van der Waals surface area contributed by atoms with E-state index in [0.29, 0.717) is 16.0 Å². The van der Waals surface area contributed by atoms with E-state index in [-0.39, 0.29) is 0 Å². The Morgan fingerprint density at radius 3 is 2.61 bits per heavy atom. The van der Waals surface area contributed by atoms with Crippen LogP contribution in [0.3, 0.4) is 0 Å². The predicted octanol–water partition coefficient (Wildman–Crippen LogP) is 3.29. The fraction of sp³-hybridized carbons (Fsp3) is 0.400. The second-order valence-electron chi connectivity index (χ2n) is 7.02. The first-order valence-electron chi connectivity index (χ1n) is 9.36. The molecule has 0 radical (unpaired) electrons. The minimum absolute atomic E-state index is 0.291. The molecule has 0 bridgehead atoms. The summed E-state index contributed by atoms with van der Waals surface area (Å²) in [5, 5.41) is 12.1. The summed E-state index contributed by atoms with van der Waals surface area (Å²) < 4.78 is 18.0. The van der Waals surface area contributed by atoms with E-state index in [1.165, 1.54) is 44.1 Å². The number of benzene rings is 1. The van der Waals surface area contributed by atoms with Gasteiger partial charge in [0.15, 0.2) is 4.38 Å². The van der Waals surface area contributed by atoms with E-state index in [1.807, 2.05) is 37.4 Å². The SMILES string of the molecule is C=C1SC(S(=C)(N)=O)=NN1/C=C(\C)c1ccc(OCCN2CCCCC2)cc1. The van der Waals surface area contributed by atoms with Crippen molar-refractivity contribution in [2.24, 2.45) is 10.2 Å². The van der Waals surface area contributed by atoms with Gasteiger partial charge in [0.25, 0.3) is 0 Å². The molecule has 2 heterocycles. The molecule has 1 saturated heterocycles. The van der Waals surface area contributed by atoms with Crippen LogP contribution < -0.4 is 9.88 Å². The number of hydrogen-bond acceptors (Lipinski definition) is 6. The summed E-state index contributed by atoms with van der Waals surface area (Å²) in [7, 11) is -2.83. The van der Waals surface area contributed by atoms with Crippen molar-refractivity contribution < 1.29 is 8.95 Å². The molecule has 28 heavy (non-hydrogen) atoms. The van der Waals surface area contributed by atoms with Crippen LogP contribution in [0.4, 0.5) is 0 Å². The Balaban J connectivity index is 1.57. The van der Waals surface area contributed by atoms with E-state index in [4.69, 9.17) is 9.88 Å². The lowest BCUT2D eigenvalue weighted by Crippen LogP contribution is -2.33. The summed E-state index contributed by atoms with van der Waals surface area (Å²) in [5.74, 6) is 4.34. The Kier molecular flexibility index (Phi) is 6.87. The average molecular weight is 421 g/mol. The van der Waals surface area contributed by atoms with Crippen molar-refractivity contribution in [1.82, 2.24) is 9.91 Å².